The summed E-state index contributed by atoms with van der Waals surface area (Å²) in [6, 6.07) is 23.0. The number of allylic oxidation sites excluding steroid dienone is 1. The van der Waals surface area contributed by atoms with E-state index in [1.54, 1.807) is 0 Å². The Morgan fingerprint density at radius 3 is 2.25 bits per heavy atom. The molecule has 0 atom stereocenters. The zero-order chi connectivity index (χ0) is 19.7. The van der Waals surface area contributed by atoms with Crippen LogP contribution in [0.4, 0.5) is 0 Å². The number of nitrogens with one attached hydrogen (secondary N) is 1. The van der Waals surface area contributed by atoms with E-state index in [-0.39, 0.29) is 5.41 Å². The second kappa shape index (κ2) is 9.99. The standard InChI is InChI=1S/C25H30N2O/c1-2-21(16-19-26)24(28-23-14-8-4-9-15-23)27-20-25(17-10-5-11-18-25)22-12-6-3-7-13-22/h3-4,6-9,12-15,27H,2,5,10-11,16-18,20H2,1H3/b24-21-. The lowest BCUT2D eigenvalue weighted by Crippen LogP contribution is -2.40. The fraction of sp³-hybridized carbons (Fsp3) is 0.400. The molecule has 1 fully saturated rings. The fourth-order valence-corrected chi connectivity index (χ4v) is 4.14. The third-order valence-corrected chi connectivity index (χ3v) is 5.79. The minimum absolute atomic E-state index is 0.121. The summed E-state index contributed by atoms with van der Waals surface area (Å²) in [6.45, 7) is 2.91. The van der Waals surface area contributed by atoms with Crippen molar-refractivity contribution in [3.05, 3.63) is 77.7 Å². The van der Waals surface area contributed by atoms with Gasteiger partial charge in [-0.3, -0.25) is 0 Å². The Balaban J connectivity index is 1.85. The number of benzene rings is 2. The van der Waals surface area contributed by atoms with Crippen molar-refractivity contribution in [1.29, 1.82) is 5.26 Å². The summed E-state index contributed by atoms with van der Waals surface area (Å²) in [7, 11) is 0. The fourth-order valence-electron chi connectivity index (χ4n) is 4.14. The Morgan fingerprint density at radius 2 is 1.64 bits per heavy atom. The molecule has 1 saturated carbocycles. The van der Waals surface area contributed by atoms with E-state index >= 15 is 0 Å². The molecule has 0 amide bonds. The lowest BCUT2D eigenvalue weighted by Gasteiger charge is -2.38. The van der Waals surface area contributed by atoms with E-state index in [9.17, 15) is 5.26 Å². The molecule has 1 N–H and O–H groups in total. The minimum atomic E-state index is 0.121. The van der Waals surface area contributed by atoms with Crippen molar-refractivity contribution in [3.63, 3.8) is 0 Å². The average molecular weight is 375 g/mol. The highest BCUT2D eigenvalue weighted by Crippen LogP contribution is 2.39. The van der Waals surface area contributed by atoms with Crippen LogP contribution in [0, 0.1) is 11.3 Å². The van der Waals surface area contributed by atoms with Gasteiger partial charge in [0.1, 0.15) is 5.75 Å². The van der Waals surface area contributed by atoms with Crippen LogP contribution in [0.15, 0.2) is 72.1 Å². The third kappa shape index (κ3) is 4.95. The monoisotopic (exact) mass is 374 g/mol. The van der Waals surface area contributed by atoms with Crippen molar-refractivity contribution >= 4 is 0 Å². The highest BCUT2D eigenvalue weighted by molar-refractivity contribution is 5.29. The van der Waals surface area contributed by atoms with E-state index < -0.39 is 0 Å². The van der Waals surface area contributed by atoms with Crippen LogP contribution >= 0.6 is 0 Å². The molecule has 0 aliphatic heterocycles. The van der Waals surface area contributed by atoms with Crippen LogP contribution in [-0.2, 0) is 5.41 Å². The number of hydrogen-bond acceptors (Lipinski definition) is 3. The highest BCUT2D eigenvalue weighted by Gasteiger charge is 2.34. The van der Waals surface area contributed by atoms with Gasteiger partial charge in [0, 0.05) is 17.5 Å². The average Bonchev–Trinajstić information content (AvgIpc) is 2.77. The van der Waals surface area contributed by atoms with Gasteiger partial charge in [-0.2, -0.15) is 5.26 Å². The molecular formula is C25H30N2O. The van der Waals surface area contributed by atoms with Gasteiger partial charge in [-0.05, 0) is 37.0 Å². The van der Waals surface area contributed by atoms with Gasteiger partial charge in [-0.25, -0.2) is 0 Å². The largest absolute Gasteiger partial charge is 0.441 e. The van der Waals surface area contributed by atoms with E-state index in [2.05, 4.69) is 48.6 Å². The summed E-state index contributed by atoms with van der Waals surface area (Å²) in [6.07, 6.45) is 7.37. The molecule has 3 rings (SSSR count). The molecule has 3 nitrogen and oxygen atoms in total. The van der Waals surface area contributed by atoms with Crippen LogP contribution in [-0.4, -0.2) is 6.54 Å². The molecule has 2 aromatic carbocycles. The summed E-state index contributed by atoms with van der Waals surface area (Å²) in [4.78, 5) is 0. The number of hydrogen-bond donors (Lipinski definition) is 1. The maximum atomic E-state index is 9.26. The molecule has 0 saturated heterocycles. The lowest BCUT2D eigenvalue weighted by molar-refractivity contribution is 0.266. The normalized spacial score (nSPS) is 16.6. The highest BCUT2D eigenvalue weighted by atomic mass is 16.5. The van der Waals surface area contributed by atoms with E-state index in [4.69, 9.17) is 4.74 Å². The first kappa shape index (κ1) is 20.0. The first-order valence-corrected chi connectivity index (χ1v) is 10.4. The van der Waals surface area contributed by atoms with Gasteiger partial charge in [0.15, 0.2) is 5.88 Å². The molecule has 0 radical (unpaired) electrons. The van der Waals surface area contributed by atoms with Gasteiger partial charge in [-0.15, -0.1) is 0 Å². The number of ether oxygens (including phenoxy) is 1. The van der Waals surface area contributed by atoms with Crippen LogP contribution in [0.3, 0.4) is 0 Å². The second-order valence-electron chi connectivity index (χ2n) is 7.60. The summed E-state index contributed by atoms with van der Waals surface area (Å²) >= 11 is 0. The molecule has 146 valence electrons. The van der Waals surface area contributed by atoms with E-state index in [1.807, 2.05) is 30.3 Å². The van der Waals surface area contributed by atoms with Gasteiger partial charge in [0.05, 0.1) is 12.5 Å². The molecule has 0 heterocycles. The first-order valence-electron chi connectivity index (χ1n) is 10.4. The number of nitrogens with zero attached hydrogens (tertiary/aromatic N) is 1. The van der Waals surface area contributed by atoms with Gasteiger partial charge in [-0.1, -0.05) is 74.7 Å². The smallest absolute Gasteiger partial charge is 0.193 e. The molecule has 0 unspecified atom stereocenters. The maximum absolute atomic E-state index is 9.26. The first-order chi connectivity index (χ1) is 13.8. The van der Waals surface area contributed by atoms with Crippen LogP contribution in [0.2, 0.25) is 0 Å². The Labute approximate surface area is 169 Å². The van der Waals surface area contributed by atoms with Crippen LogP contribution < -0.4 is 10.1 Å². The molecule has 1 aliphatic carbocycles. The van der Waals surface area contributed by atoms with Crippen molar-refractivity contribution in [2.45, 2.75) is 57.3 Å². The summed E-state index contributed by atoms with van der Waals surface area (Å²) in [5.74, 6) is 1.54. The predicted octanol–water partition coefficient (Wildman–Crippen LogP) is 6.09. The van der Waals surface area contributed by atoms with E-state index in [1.165, 1.54) is 37.7 Å². The van der Waals surface area contributed by atoms with E-state index in [0.29, 0.717) is 6.42 Å². The van der Waals surface area contributed by atoms with Gasteiger partial charge in [0.2, 0.25) is 0 Å². The summed E-state index contributed by atoms with van der Waals surface area (Å²) in [5.41, 5.74) is 2.54. The molecule has 1 aliphatic rings. The maximum Gasteiger partial charge on any atom is 0.193 e. The van der Waals surface area contributed by atoms with Crippen LogP contribution in [0.5, 0.6) is 5.75 Å². The second-order valence-corrected chi connectivity index (χ2v) is 7.60. The molecular weight excluding hydrogens is 344 g/mol. The van der Waals surface area contributed by atoms with Crippen LogP contribution in [0.25, 0.3) is 0 Å². The van der Waals surface area contributed by atoms with Crippen molar-refractivity contribution in [3.8, 4) is 11.8 Å². The van der Waals surface area contributed by atoms with Crippen LogP contribution in [0.1, 0.15) is 57.4 Å². The number of para-hydroxylation sites is 1. The molecule has 0 spiro atoms. The molecule has 28 heavy (non-hydrogen) atoms. The van der Waals surface area contributed by atoms with E-state index in [0.717, 1.165) is 30.2 Å². The summed E-state index contributed by atoms with van der Waals surface area (Å²) < 4.78 is 6.21. The molecule has 2 aromatic rings. The number of rotatable bonds is 8. The zero-order valence-electron chi connectivity index (χ0n) is 16.8. The Morgan fingerprint density at radius 1 is 1.00 bits per heavy atom. The SMILES string of the molecule is CC/C(CC#N)=C(\NCC1(c2ccccc2)CCCCC1)Oc1ccccc1. The van der Waals surface area contributed by atoms with Crippen molar-refractivity contribution in [2.24, 2.45) is 0 Å². The Hall–Kier alpha value is -2.73. The molecule has 3 heteroatoms. The predicted molar refractivity (Wildman–Crippen MR) is 114 cm³/mol. The zero-order valence-corrected chi connectivity index (χ0v) is 16.8. The Kier molecular flexibility index (Phi) is 7.14. The topological polar surface area (TPSA) is 45.0 Å². The third-order valence-electron chi connectivity index (χ3n) is 5.79. The van der Waals surface area contributed by atoms with Gasteiger partial charge < -0.3 is 10.1 Å². The Bertz CT molecular complexity index is 799. The minimum Gasteiger partial charge on any atom is -0.441 e. The molecule has 0 bridgehead atoms. The molecule has 0 aromatic heterocycles. The quantitative estimate of drug-likeness (QED) is 0.568. The van der Waals surface area contributed by atoms with Crippen molar-refractivity contribution < 1.29 is 4.74 Å². The van der Waals surface area contributed by atoms with Crippen molar-refractivity contribution in [1.82, 2.24) is 5.32 Å². The lowest BCUT2D eigenvalue weighted by atomic mass is 9.69. The van der Waals surface area contributed by atoms with Crippen molar-refractivity contribution in [2.75, 3.05) is 6.54 Å². The summed E-state index contributed by atoms with van der Waals surface area (Å²) in [5, 5.41) is 12.9. The number of nitriles is 1. The van der Waals surface area contributed by atoms with Gasteiger partial charge >= 0.3 is 0 Å². The van der Waals surface area contributed by atoms with Gasteiger partial charge in [0.25, 0.3) is 0 Å².